The number of hydrogen-bond donors (Lipinski definition) is 2. The van der Waals surface area contributed by atoms with E-state index in [9.17, 15) is 4.79 Å². The predicted molar refractivity (Wildman–Crippen MR) is 122 cm³/mol. The topological polar surface area (TPSA) is 78.8 Å². The number of amides is 1. The Morgan fingerprint density at radius 2 is 2.10 bits per heavy atom. The average Bonchev–Trinajstić information content (AvgIpc) is 3.44. The molecule has 3 aliphatic rings. The molecule has 0 radical (unpaired) electrons. The molecule has 162 valence electrons. The van der Waals surface area contributed by atoms with Gasteiger partial charge in [-0.15, -0.1) is 0 Å². The molecule has 1 atom stereocenters. The van der Waals surface area contributed by atoms with E-state index in [1.165, 1.54) is 12.8 Å². The molecule has 1 amide bonds. The molecule has 1 aliphatic carbocycles. The van der Waals surface area contributed by atoms with E-state index >= 15 is 0 Å². The van der Waals surface area contributed by atoms with Crippen molar-refractivity contribution in [2.45, 2.75) is 50.6 Å². The summed E-state index contributed by atoms with van der Waals surface area (Å²) in [5, 5.41) is 7.16. The van der Waals surface area contributed by atoms with Crippen molar-refractivity contribution in [2.75, 3.05) is 30.3 Å². The van der Waals surface area contributed by atoms with Crippen molar-refractivity contribution < 1.29 is 9.53 Å². The van der Waals surface area contributed by atoms with E-state index < -0.39 is 5.54 Å². The maximum Gasteiger partial charge on any atom is 0.260 e. The number of rotatable bonds is 4. The number of carbonyl (C=O) groups is 1. The number of likely N-dealkylation sites (tertiary alicyclic amines) is 1. The molecule has 2 N–H and O–H groups in total. The Labute approximate surface area is 182 Å². The number of pyridine rings is 1. The Hall–Kier alpha value is -3.09. The fourth-order valence-electron chi connectivity index (χ4n) is 4.79. The number of ether oxygens (including phenoxy) is 1. The zero-order chi connectivity index (χ0) is 21.3. The summed E-state index contributed by atoms with van der Waals surface area (Å²) in [4.78, 5) is 24.4. The van der Waals surface area contributed by atoms with E-state index in [0.717, 1.165) is 47.9 Å². The normalized spacial score (nSPS) is 24.2. The Morgan fingerprint density at radius 3 is 2.94 bits per heavy atom. The molecule has 1 aromatic carbocycles. The van der Waals surface area contributed by atoms with E-state index in [4.69, 9.17) is 9.73 Å². The van der Waals surface area contributed by atoms with Crippen molar-refractivity contribution in [3.05, 3.63) is 48.2 Å². The van der Waals surface area contributed by atoms with Crippen LogP contribution >= 0.6 is 0 Å². The number of nitrogens with one attached hydrogen (secondary N) is 2. The smallest absolute Gasteiger partial charge is 0.260 e. The highest BCUT2D eigenvalue weighted by atomic mass is 16.5. The first-order valence-corrected chi connectivity index (χ1v) is 11.2. The van der Waals surface area contributed by atoms with Crippen molar-refractivity contribution in [3.63, 3.8) is 0 Å². The van der Waals surface area contributed by atoms with Gasteiger partial charge in [0.25, 0.3) is 5.91 Å². The van der Waals surface area contributed by atoms with Gasteiger partial charge in [0.15, 0.2) is 12.4 Å². The van der Waals surface area contributed by atoms with Gasteiger partial charge in [0.2, 0.25) is 0 Å². The minimum Gasteiger partial charge on any atom is -0.484 e. The summed E-state index contributed by atoms with van der Waals surface area (Å²) in [7, 11) is 0. The van der Waals surface area contributed by atoms with Gasteiger partial charge in [-0.1, -0.05) is 31.0 Å². The Morgan fingerprint density at radius 1 is 1.26 bits per heavy atom. The molecule has 3 heterocycles. The van der Waals surface area contributed by atoms with Crippen LogP contribution in [0.2, 0.25) is 0 Å². The summed E-state index contributed by atoms with van der Waals surface area (Å²) in [5.74, 6) is 2.48. The Balaban J connectivity index is 1.34. The number of hydrogen-bond acceptors (Lipinski definition) is 5. The number of aromatic nitrogens is 1. The van der Waals surface area contributed by atoms with Crippen molar-refractivity contribution in [1.82, 2.24) is 9.88 Å². The zero-order valence-corrected chi connectivity index (χ0v) is 17.9. The summed E-state index contributed by atoms with van der Waals surface area (Å²) in [6.45, 7) is 3.26. The first-order chi connectivity index (χ1) is 15.1. The maximum atomic E-state index is 13.0. The van der Waals surface area contributed by atoms with E-state index in [0.29, 0.717) is 19.1 Å². The minimum absolute atomic E-state index is 0.000807. The zero-order valence-electron chi connectivity index (χ0n) is 17.9. The number of aliphatic imine (C=N–C) groups is 1. The van der Waals surface area contributed by atoms with E-state index in [1.54, 1.807) is 6.20 Å². The van der Waals surface area contributed by atoms with Crippen LogP contribution in [0.1, 0.15) is 37.7 Å². The van der Waals surface area contributed by atoms with Crippen LogP contribution in [0.3, 0.4) is 0 Å². The molecule has 0 unspecified atom stereocenters. The van der Waals surface area contributed by atoms with Gasteiger partial charge in [-0.3, -0.25) is 9.79 Å². The Bertz CT molecular complexity index is 1000. The standard InChI is InChI=1S/C24H29N5O2/c1-17-7-2-5-11-20(17)31-15-21(30)29-14-12-24(16-29)23(26-18-8-3-4-9-18)27-22-19(28-24)10-6-13-25-22/h2,5-7,10-11,13,18,28H,3-4,8-9,12,14-16H2,1H3,(H,25,26,27)/t24-/m1/s1. The first-order valence-electron chi connectivity index (χ1n) is 11.2. The molecule has 1 saturated heterocycles. The van der Waals surface area contributed by atoms with Gasteiger partial charge >= 0.3 is 0 Å². The van der Waals surface area contributed by atoms with Crippen LogP contribution in [0.15, 0.2) is 47.6 Å². The molecule has 7 heteroatoms. The number of anilines is 2. The molecule has 2 aliphatic heterocycles. The lowest BCUT2D eigenvalue weighted by atomic mass is 9.93. The van der Waals surface area contributed by atoms with Gasteiger partial charge < -0.3 is 20.3 Å². The summed E-state index contributed by atoms with van der Waals surface area (Å²) < 4.78 is 5.81. The highest BCUT2D eigenvalue weighted by Gasteiger charge is 2.47. The monoisotopic (exact) mass is 419 g/mol. The SMILES string of the molecule is Cc1ccccc1OCC(=O)N1CC[C@]2(C1)Nc1cccnc1NC2=NC1CCCC1. The first kappa shape index (κ1) is 19.8. The number of benzene rings is 1. The third-order valence-corrected chi connectivity index (χ3v) is 6.57. The molecule has 5 rings (SSSR count). The van der Waals surface area contributed by atoms with Crippen LogP contribution in [-0.4, -0.2) is 52.9 Å². The molecule has 31 heavy (non-hydrogen) atoms. The maximum absolute atomic E-state index is 13.0. The molecule has 7 nitrogen and oxygen atoms in total. The van der Waals surface area contributed by atoms with Crippen LogP contribution in [-0.2, 0) is 4.79 Å². The third-order valence-electron chi connectivity index (χ3n) is 6.57. The van der Waals surface area contributed by atoms with Crippen LogP contribution < -0.4 is 15.4 Å². The summed E-state index contributed by atoms with van der Waals surface area (Å²) in [6, 6.07) is 12.1. The number of nitrogens with zero attached hydrogens (tertiary/aromatic N) is 3. The molecule has 1 aromatic heterocycles. The number of carbonyl (C=O) groups excluding carboxylic acids is 1. The van der Waals surface area contributed by atoms with Gasteiger partial charge in [0.1, 0.15) is 17.1 Å². The number of aryl methyl sites for hydroxylation is 1. The van der Waals surface area contributed by atoms with Gasteiger partial charge in [0, 0.05) is 12.7 Å². The lowest BCUT2D eigenvalue weighted by molar-refractivity contribution is -0.132. The van der Waals surface area contributed by atoms with Crippen molar-refractivity contribution >= 4 is 23.2 Å². The summed E-state index contributed by atoms with van der Waals surface area (Å²) in [6.07, 6.45) is 7.31. The molecule has 0 bridgehead atoms. The predicted octanol–water partition coefficient (Wildman–Crippen LogP) is 3.62. The van der Waals surface area contributed by atoms with Crippen LogP contribution in [0, 0.1) is 6.92 Å². The van der Waals surface area contributed by atoms with Crippen LogP contribution in [0.5, 0.6) is 5.75 Å². The second-order valence-electron chi connectivity index (χ2n) is 8.77. The van der Waals surface area contributed by atoms with Crippen molar-refractivity contribution in [1.29, 1.82) is 0 Å². The van der Waals surface area contributed by atoms with Crippen molar-refractivity contribution in [3.8, 4) is 5.75 Å². The molecule has 2 fully saturated rings. The van der Waals surface area contributed by atoms with Gasteiger partial charge in [-0.05, 0) is 49.9 Å². The second kappa shape index (κ2) is 8.21. The van der Waals surface area contributed by atoms with Crippen molar-refractivity contribution in [2.24, 2.45) is 4.99 Å². The molecule has 1 spiro atoms. The number of amidine groups is 1. The molecule has 1 saturated carbocycles. The largest absolute Gasteiger partial charge is 0.484 e. The summed E-state index contributed by atoms with van der Waals surface area (Å²) in [5.41, 5.74) is 1.58. The molecular formula is C24H29N5O2. The number of para-hydroxylation sites is 1. The highest BCUT2D eigenvalue weighted by molar-refractivity contribution is 6.09. The van der Waals surface area contributed by atoms with E-state index in [2.05, 4.69) is 15.6 Å². The quantitative estimate of drug-likeness (QED) is 0.791. The fourth-order valence-corrected chi connectivity index (χ4v) is 4.79. The highest BCUT2D eigenvalue weighted by Crippen LogP contribution is 2.36. The lowest BCUT2D eigenvalue weighted by Gasteiger charge is -2.38. The van der Waals surface area contributed by atoms with Crippen LogP contribution in [0.4, 0.5) is 11.5 Å². The van der Waals surface area contributed by atoms with E-state index in [1.807, 2.05) is 48.2 Å². The molecule has 2 aromatic rings. The third kappa shape index (κ3) is 3.96. The van der Waals surface area contributed by atoms with E-state index in [-0.39, 0.29) is 12.5 Å². The minimum atomic E-state index is -0.406. The average molecular weight is 420 g/mol. The van der Waals surface area contributed by atoms with Gasteiger partial charge in [-0.2, -0.15) is 0 Å². The Kier molecular flexibility index (Phi) is 5.26. The van der Waals surface area contributed by atoms with Gasteiger partial charge in [-0.25, -0.2) is 4.98 Å². The number of fused-ring (bicyclic) bond motifs is 1. The lowest BCUT2D eigenvalue weighted by Crippen LogP contribution is -2.55. The fraction of sp³-hybridized carbons (Fsp3) is 0.458. The van der Waals surface area contributed by atoms with Gasteiger partial charge in [0.05, 0.1) is 18.3 Å². The summed E-state index contributed by atoms with van der Waals surface area (Å²) >= 11 is 0. The second-order valence-corrected chi connectivity index (χ2v) is 8.77. The van der Waals surface area contributed by atoms with Crippen LogP contribution in [0.25, 0.3) is 0 Å². The molecular weight excluding hydrogens is 390 g/mol.